The van der Waals surface area contributed by atoms with Crippen molar-refractivity contribution < 1.29 is 4.74 Å². The highest BCUT2D eigenvalue weighted by molar-refractivity contribution is 5.37. The fourth-order valence-corrected chi connectivity index (χ4v) is 2.14. The molecule has 0 radical (unpaired) electrons. The highest BCUT2D eigenvalue weighted by Crippen LogP contribution is 2.34. The maximum atomic E-state index is 6.13. The maximum Gasteiger partial charge on any atom is 0.124 e. The van der Waals surface area contributed by atoms with Crippen LogP contribution in [0.15, 0.2) is 24.3 Å². The molecule has 0 saturated carbocycles. The van der Waals surface area contributed by atoms with Crippen molar-refractivity contribution in [3.05, 3.63) is 29.8 Å². The molecule has 1 aromatic carbocycles. The number of rotatable bonds is 3. The summed E-state index contributed by atoms with van der Waals surface area (Å²) in [5, 5.41) is 0. The predicted octanol–water partition coefficient (Wildman–Crippen LogP) is 3.03. The van der Waals surface area contributed by atoms with E-state index in [1.54, 1.807) is 0 Å². The van der Waals surface area contributed by atoms with Crippen LogP contribution in [0.25, 0.3) is 0 Å². The summed E-state index contributed by atoms with van der Waals surface area (Å²) < 4.78 is 5.92. The molecular weight excluding hydrogens is 186 g/mol. The third-order valence-electron chi connectivity index (χ3n) is 3.01. The van der Waals surface area contributed by atoms with E-state index in [4.69, 9.17) is 10.5 Å². The summed E-state index contributed by atoms with van der Waals surface area (Å²) in [7, 11) is 0. The van der Waals surface area contributed by atoms with Crippen LogP contribution in [0.4, 0.5) is 0 Å². The van der Waals surface area contributed by atoms with E-state index in [0.717, 1.165) is 24.2 Å². The number of hydrogen-bond acceptors (Lipinski definition) is 2. The minimum Gasteiger partial charge on any atom is -0.490 e. The smallest absolute Gasteiger partial charge is 0.124 e. The lowest BCUT2D eigenvalue weighted by Gasteiger charge is -2.30. The van der Waals surface area contributed by atoms with Crippen LogP contribution in [0.2, 0.25) is 0 Å². The van der Waals surface area contributed by atoms with E-state index in [-0.39, 0.29) is 6.04 Å². The zero-order valence-corrected chi connectivity index (χ0v) is 9.28. The SMILES string of the molecule is CCCCC1C[C@H](N)c2ccccc2O1. The Bertz CT molecular complexity index is 324. The first-order chi connectivity index (χ1) is 7.31. The van der Waals surface area contributed by atoms with E-state index in [1.165, 1.54) is 12.8 Å². The van der Waals surface area contributed by atoms with Crippen LogP contribution in [0.1, 0.15) is 44.2 Å². The average molecular weight is 205 g/mol. The summed E-state index contributed by atoms with van der Waals surface area (Å²) >= 11 is 0. The Hall–Kier alpha value is -1.02. The largest absolute Gasteiger partial charge is 0.490 e. The van der Waals surface area contributed by atoms with Gasteiger partial charge in [0.1, 0.15) is 11.9 Å². The molecule has 2 heteroatoms. The molecule has 82 valence electrons. The first-order valence-corrected chi connectivity index (χ1v) is 5.82. The quantitative estimate of drug-likeness (QED) is 0.823. The Labute approximate surface area is 91.4 Å². The van der Waals surface area contributed by atoms with Crippen LogP contribution in [-0.4, -0.2) is 6.10 Å². The van der Waals surface area contributed by atoms with Crippen LogP contribution in [0.3, 0.4) is 0 Å². The summed E-state index contributed by atoms with van der Waals surface area (Å²) in [4.78, 5) is 0. The van der Waals surface area contributed by atoms with E-state index < -0.39 is 0 Å². The third-order valence-corrected chi connectivity index (χ3v) is 3.01. The van der Waals surface area contributed by atoms with Crippen LogP contribution in [0, 0.1) is 0 Å². The van der Waals surface area contributed by atoms with E-state index >= 15 is 0 Å². The lowest BCUT2D eigenvalue weighted by molar-refractivity contribution is 0.147. The van der Waals surface area contributed by atoms with Crippen molar-refractivity contribution in [3.8, 4) is 5.75 Å². The molecule has 0 fully saturated rings. The minimum absolute atomic E-state index is 0.150. The number of hydrogen-bond donors (Lipinski definition) is 1. The Morgan fingerprint density at radius 3 is 3.00 bits per heavy atom. The average Bonchev–Trinajstić information content (AvgIpc) is 2.26. The van der Waals surface area contributed by atoms with Gasteiger partial charge in [-0.3, -0.25) is 0 Å². The molecule has 1 aliphatic rings. The Balaban J connectivity index is 2.08. The van der Waals surface area contributed by atoms with E-state index in [9.17, 15) is 0 Å². The molecule has 2 nitrogen and oxygen atoms in total. The van der Waals surface area contributed by atoms with Gasteiger partial charge in [0.15, 0.2) is 0 Å². The van der Waals surface area contributed by atoms with Gasteiger partial charge in [0.2, 0.25) is 0 Å². The van der Waals surface area contributed by atoms with Crippen molar-refractivity contribution in [3.63, 3.8) is 0 Å². The second kappa shape index (κ2) is 4.67. The summed E-state index contributed by atoms with van der Waals surface area (Å²) in [6.45, 7) is 2.21. The zero-order valence-electron chi connectivity index (χ0n) is 9.28. The first-order valence-electron chi connectivity index (χ1n) is 5.82. The van der Waals surface area contributed by atoms with Crippen molar-refractivity contribution in [1.82, 2.24) is 0 Å². The Morgan fingerprint density at radius 1 is 1.40 bits per heavy atom. The number of ether oxygens (including phenoxy) is 1. The molecule has 0 aromatic heterocycles. The van der Waals surface area contributed by atoms with Gasteiger partial charge in [-0.25, -0.2) is 0 Å². The number of benzene rings is 1. The molecule has 0 aliphatic carbocycles. The van der Waals surface area contributed by atoms with Gasteiger partial charge in [0.25, 0.3) is 0 Å². The van der Waals surface area contributed by atoms with Crippen molar-refractivity contribution in [1.29, 1.82) is 0 Å². The molecule has 1 heterocycles. The topological polar surface area (TPSA) is 35.2 Å². The van der Waals surface area contributed by atoms with Gasteiger partial charge < -0.3 is 10.5 Å². The number of unbranched alkanes of at least 4 members (excludes halogenated alkanes) is 1. The summed E-state index contributed by atoms with van der Waals surface area (Å²) in [5.41, 5.74) is 7.29. The minimum atomic E-state index is 0.150. The molecule has 0 bridgehead atoms. The predicted molar refractivity (Wildman–Crippen MR) is 61.9 cm³/mol. The summed E-state index contributed by atoms with van der Waals surface area (Å²) in [6, 6.07) is 8.27. The highest BCUT2D eigenvalue weighted by Gasteiger charge is 2.24. The molecule has 0 saturated heterocycles. The van der Waals surface area contributed by atoms with Crippen molar-refractivity contribution >= 4 is 0 Å². The fraction of sp³-hybridized carbons (Fsp3) is 0.538. The fourth-order valence-electron chi connectivity index (χ4n) is 2.14. The van der Waals surface area contributed by atoms with Crippen molar-refractivity contribution in [2.45, 2.75) is 44.8 Å². The number of para-hydroxylation sites is 1. The molecular formula is C13H19NO. The lowest BCUT2D eigenvalue weighted by Crippen LogP contribution is -2.29. The molecule has 2 atom stereocenters. The van der Waals surface area contributed by atoms with Crippen LogP contribution in [0.5, 0.6) is 5.75 Å². The van der Waals surface area contributed by atoms with Crippen LogP contribution < -0.4 is 10.5 Å². The maximum absolute atomic E-state index is 6.13. The monoisotopic (exact) mass is 205 g/mol. The van der Waals surface area contributed by atoms with Crippen molar-refractivity contribution in [2.75, 3.05) is 0 Å². The van der Waals surface area contributed by atoms with Gasteiger partial charge >= 0.3 is 0 Å². The van der Waals surface area contributed by atoms with Gasteiger partial charge in [-0.05, 0) is 12.5 Å². The molecule has 1 aromatic rings. The molecule has 15 heavy (non-hydrogen) atoms. The standard InChI is InChI=1S/C13H19NO/c1-2-3-6-10-9-12(14)11-7-4-5-8-13(11)15-10/h4-5,7-8,10,12H,2-3,6,9,14H2,1H3/t10?,12-/m0/s1. The van der Waals surface area contributed by atoms with Crippen molar-refractivity contribution in [2.24, 2.45) is 5.73 Å². The second-order valence-corrected chi connectivity index (χ2v) is 4.26. The van der Waals surface area contributed by atoms with Gasteiger partial charge in [0, 0.05) is 18.0 Å². The summed E-state index contributed by atoms with van der Waals surface area (Å²) in [6.07, 6.45) is 4.83. The lowest BCUT2D eigenvalue weighted by atomic mass is 9.95. The zero-order chi connectivity index (χ0) is 10.7. The van der Waals surface area contributed by atoms with Gasteiger partial charge in [-0.1, -0.05) is 38.0 Å². The second-order valence-electron chi connectivity index (χ2n) is 4.26. The summed E-state index contributed by atoms with van der Waals surface area (Å²) in [5.74, 6) is 0.984. The normalized spacial score (nSPS) is 24.4. The van der Waals surface area contributed by atoms with Gasteiger partial charge in [-0.2, -0.15) is 0 Å². The van der Waals surface area contributed by atoms with Crippen LogP contribution in [-0.2, 0) is 0 Å². The number of nitrogens with two attached hydrogens (primary N) is 1. The Morgan fingerprint density at radius 2 is 2.20 bits per heavy atom. The highest BCUT2D eigenvalue weighted by atomic mass is 16.5. The van der Waals surface area contributed by atoms with Crippen LogP contribution >= 0.6 is 0 Å². The Kier molecular flexibility index (Phi) is 3.27. The van der Waals surface area contributed by atoms with E-state index in [1.807, 2.05) is 18.2 Å². The van der Waals surface area contributed by atoms with E-state index in [2.05, 4.69) is 13.0 Å². The molecule has 0 spiro atoms. The molecule has 2 rings (SSSR count). The first kappa shape index (κ1) is 10.5. The molecule has 1 aliphatic heterocycles. The number of fused-ring (bicyclic) bond motifs is 1. The third kappa shape index (κ3) is 2.32. The van der Waals surface area contributed by atoms with Gasteiger partial charge in [-0.15, -0.1) is 0 Å². The van der Waals surface area contributed by atoms with Gasteiger partial charge in [0.05, 0.1) is 0 Å². The molecule has 0 amide bonds. The molecule has 1 unspecified atom stereocenters. The molecule has 2 N–H and O–H groups in total. The van der Waals surface area contributed by atoms with E-state index in [0.29, 0.717) is 6.10 Å².